The van der Waals surface area contributed by atoms with Crippen molar-refractivity contribution in [2.24, 2.45) is 11.5 Å². The number of carbonyl (C=O) groups excluding carboxylic acids is 2. The molecule has 5 N–H and O–H groups in total. The van der Waals surface area contributed by atoms with Gasteiger partial charge in [0.25, 0.3) is 0 Å². The van der Waals surface area contributed by atoms with E-state index in [1.807, 2.05) is 42.5 Å². The summed E-state index contributed by atoms with van der Waals surface area (Å²) in [5.74, 6) is -1.71. The highest BCUT2D eigenvalue weighted by molar-refractivity contribution is 6.04. The average Bonchev–Trinajstić information content (AvgIpc) is 2.52. The summed E-state index contributed by atoms with van der Waals surface area (Å²) in [6, 6.07) is 13.6. The molecular weight excluding hydrogens is 302 g/mol. The highest BCUT2D eigenvalue weighted by Gasteiger charge is 2.35. The molecule has 0 spiro atoms. The fourth-order valence-corrected chi connectivity index (χ4v) is 3.46. The molecule has 2 aromatic rings. The Morgan fingerprint density at radius 3 is 2.00 bits per heavy atom. The Hall–Kier alpha value is -3.08. The van der Waals surface area contributed by atoms with Crippen molar-refractivity contribution in [1.29, 1.82) is 0 Å². The molecule has 0 atom stereocenters. The molecule has 0 saturated carbocycles. The van der Waals surface area contributed by atoms with Gasteiger partial charge in [-0.2, -0.15) is 0 Å². The lowest BCUT2D eigenvalue weighted by molar-refractivity contribution is -0.115. The summed E-state index contributed by atoms with van der Waals surface area (Å²) in [4.78, 5) is 24.2. The van der Waals surface area contributed by atoms with Crippen molar-refractivity contribution < 1.29 is 9.59 Å². The van der Waals surface area contributed by atoms with Crippen LogP contribution in [-0.2, 0) is 9.59 Å². The van der Waals surface area contributed by atoms with Gasteiger partial charge in [0.15, 0.2) is 0 Å². The highest BCUT2D eigenvalue weighted by atomic mass is 16.1. The molecule has 122 valence electrons. The van der Waals surface area contributed by atoms with Crippen LogP contribution in [0.2, 0.25) is 0 Å². The van der Waals surface area contributed by atoms with Crippen LogP contribution in [0.3, 0.4) is 0 Å². The molecule has 3 rings (SSSR count). The number of hydrogen-bond acceptors (Lipinski definition) is 3. The molecule has 5 heteroatoms. The summed E-state index contributed by atoms with van der Waals surface area (Å²) in [6.07, 6.45) is 0. The van der Waals surface area contributed by atoms with Gasteiger partial charge >= 0.3 is 0 Å². The maximum atomic E-state index is 12.1. The molecule has 0 fully saturated rings. The van der Waals surface area contributed by atoms with Gasteiger partial charge in [0.05, 0.1) is 0 Å². The van der Waals surface area contributed by atoms with Gasteiger partial charge in [-0.3, -0.25) is 9.59 Å². The van der Waals surface area contributed by atoms with Crippen molar-refractivity contribution in [1.82, 2.24) is 5.32 Å². The van der Waals surface area contributed by atoms with Gasteiger partial charge in [0.2, 0.25) is 11.8 Å². The van der Waals surface area contributed by atoms with Crippen molar-refractivity contribution in [2.45, 2.75) is 19.8 Å². The summed E-state index contributed by atoms with van der Waals surface area (Å²) in [5.41, 5.74) is 14.1. The van der Waals surface area contributed by atoms with E-state index in [1.165, 1.54) is 0 Å². The molecule has 0 radical (unpaired) electrons. The number of nitrogens with two attached hydrogens (primary N) is 2. The van der Waals surface area contributed by atoms with Crippen molar-refractivity contribution in [3.8, 4) is 0 Å². The van der Waals surface area contributed by atoms with Gasteiger partial charge in [-0.1, -0.05) is 42.5 Å². The van der Waals surface area contributed by atoms with Crippen LogP contribution < -0.4 is 16.8 Å². The van der Waals surface area contributed by atoms with E-state index in [-0.39, 0.29) is 0 Å². The van der Waals surface area contributed by atoms with Gasteiger partial charge in [0, 0.05) is 28.5 Å². The zero-order chi connectivity index (χ0) is 17.4. The summed E-state index contributed by atoms with van der Waals surface area (Å²) < 4.78 is 0. The average molecular weight is 321 g/mol. The van der Waals surface area contributed by atoms with E-state index in [1.54, 1.807) is 13.8 Å². The minimum absolute atomic E-state index is 0.366. The zero-order valence-electron chi connectivity index (χ0n) is 13.6. The molecule has 2 aromatic carbocycles. The summed E-state index contributed by atoms with van der Waals surface area (Å²) in [5, 5.41) is 5.03. The number of carbonyl (C=O) groups is 2. The first-order valence-corrected chi connectivity index (χ1v) is 7.67. The molecule has 1 aliphatic heterocycles. The fraction of sp³-hybridized carbons (Fsp3) is 0.158. The standard InChI is InChI=1S/C19H19N3O2/c1-10-15(18(20)23)17(16(19(21)24)11(2)22-10)14-9-5-7-12-6-3-4-8-13(12)14/h3-9,17,22H,1-2H3,(H2,20,23)(H2,21,24). The second-order valence-corrected chi connectivity index (χ2v) is 5.93. The van der Waals surface area contributed by atoms with Crippen LogP contribution in [0.4, 0.5) is 0 Å². The quantitative estimate of drug-likeness (QED) is 0.807. The van der Waals surface area contributed by atoms with Gasteiger partial charge in [-0.25, -0.2) is 0 Å². The van der Waals surface area contributed by atoms with E-state index in [4.69, 9.17) is 11.5 Å². The molecule has 0 aliphatic carbocycles. The second kappa shape index (κ2) is 5.85. The topological polar surface area (TPSA) is 98.2 Å². The molecule has 1 heterocycles. The first-order chi connectivity index (χ1) is 11.4. The molecule has 5 nitrogen and oxygen atoms in total. The number of dihydropyridines is 1. The maximum absolute atomic E-state index is 12.1. The number of rotatable bonds is 3. The van der Waals surface area contributed by atoms with Crippen molar-refractivity contribution in [3.63, 3.8) is 0 Å². The van der Waals surface area contributed by atoms with E-state index in [0.717, 1.165) is 16.3 Å². The third-order valence-corrected chi connectivity index (χ3v) is 4.43. The Balaban J connectivity index is 2.35. The summed E-state index contributed by atoms with van der Waals surface area (Å²) in [6.45, 7) is 3.55. The molecule has 2 amide bonds. The zero-order valence-corrected chi connectivity index (χ0v) is 13.6. The molecule has 1 aliphatic rings. The first kappa shape index (κ1) is 15.8. The molecule has 0 unspecified atom stereocenters. The minimum atomic E-state index is -0.577. The summed E-state index contributed by atoms with van der Waals surface area (Å²) >= 11 is 0. The van der Waals surface area contributed by atoms with Crippen molar-refractivity contribution in [3.05, 3.63) is 70.6 Å². The largest absolute Gasteiger partial charge is 0.366 e. The normalized spacial score (nSPS) is 15.6. The maximum Gasteiger partial charge on any atom is 0.247 e. The van der Waals surface area contributed by atoms with Crippen molar-refractivity contribution in [2.75, 3.05) is 0 Å². The van der Waals surface area contributed by atoms with Crippen LogP contribution in [0.25, 0.3) is 10.8 Å². The van der Waals surface area contributed by atoms with Crippen LogP contribution in [0.5, 0.6) is 0 Å². The highest BCUT2D eigenvalue weighted by Crippen LogP contribution is 2.40. The lowest BCUT2D eigenvalue weighted by Crippen LogP contribution is -2.35. The molecule has 0 saturated heterocycles. The number of amides is 2. The molecule has 0 aromatic heterocycles. The Kier molecular flexibility index (Phi) is 3.85. The Labute approximate surface area is 140 Å². The lowest BCUT2D eigenvalue weighted by Gasteiger charge is -2.30. The minimum Gasteiger partial charge on any atom is -0.366 e. The van der Waals surface area contributed by atoms with Crippen LogP contribution in [0.1, 0.15) is 25.3 Å². The van der Waals surface area contributed by atoms with Crippen LogP contribution >= 0.6 is 0 Å². The van der Waals surface area contributed by atoms with Crippen LogP contribution in [-0.4, -0.2) is 11.8 Å². The Bertz CT molecular complexity index is 884. The van der Waals surface area contributed by atoms with Crippen LogP contribution in [0, 0.1) is 0 Å². The van der Waals surface area contributed by atoms with E-state index in [9.17, 15) is 9.59 Å². The Morgan fingerprint density at radius 2 is 1.42 bits per heavy atom. The SMILES string of the molecule is CC1=C(C(N)=O)C(c2cccc3ccccc23)C(C(N)=O)=C(C)N1. The second-order valence-electron chi connectivity index (χ2n) is 5.93. The lowest BCUT2D eigenvalue weighted by atomic mass is 9.78. The Morgan fingerprint density at radius 1 is 0.875 bits per heavy atom. The molecular formula is C19H19N3O2. The third-order valence-electron chi connectivity index (χ3n) is 4.43. The molecule has 0 bridgehead atoms. The number of benzene rings is 2. The first-order valence-electron chi connectivity index (χ1n) is 7.67. The number of hydrogen-bond donors (Lipinski definition) is 3. The van der Waals surface area contributed by atoms with E-state index in [0.29, 0.717) is 22.5 Å². The van der Waals surface area contributed by atoms with Crippen LogP contribution in [0.15, 0.2) is 65.0 Å². The van der Waals surface area contributed by atoms with Crippen molar-refractivity contribution >= 4 is 22.6 Å². The van der Waals surface area contributed by atoms with E-state index < -0.39 is 17.7 Å². The van der Waals surface area contributed by atoms with Gasteiger partial charge < -0.3 is 16.8 Å². The number of nitrogens with one attached hydrogen (secondary N) is 1. The third kappa shape index (κ3) is 2.44. The van der Waals surface area contributed by atoms with E-state index in [2.05, 4.69) is 5.32 Å². The fourth-order valence-electron chi connectivity index (χ4n) is 3.46. The van der Waals surface area contributed by atoms with Gasteiger partial charge in [-0.05, 0) is 30.2 Å². The predicted molar refractivity (Wildman–Crippen MR) is 93.6 cm³/mol. The number of primary amides is 2. The van der Waals surface area contributed by atoms with E-state index >= 15 is 0 Å². The smallest absolute Gasteiger partial charge is 0.247 e. The van der Waals surface area contributed by atoms with Gasteiger partial charge in [0.1, 0.15) is 0 Å². The number of fused-ring (bicyclic) bond motifs is 1. The monoisotopic (exact) mass is 321 g/mol. The number of allylic oxidation sites excluding steroid dienone is 2. The molecule has 24 heavy (non-hydrogen) atoms. The summed E-state index contributed by atoms with van der Waals surface area (Å²) in [7, 11) is 0. The predicted octanol–water partition coefficient (Wildman–Crippen LogP) is 2.05. The van der Waals surface area contributed by atoms with Gasteiger partial charge in [-0.15, -0.1) is 0 Å².